The molecule has 2 bridgehead atoms. The van der Waals surface area contributed by atoms with Gasteiger partial charge in [-0.2, -0.15) is 13.2 Å². The van der Waals surface area contributed by atoms with Crippen molar-refractivity contribution in [2.24, 2.45) is 0 Å². The Morgan fingerprint density at radius 3 is 2.43 bits per heavy atom. The van der Waals surface area contributed by atoms with Crippen molar-refractivity contribution in [1.29, 1.82) is 0 Å². The van der Waals surface area contributed by atoms with Crippen molar-refractivity contribution in [2.75, 3.05) is 0 Å². The minimum Gasteiger partial charge on any atom is -0.457 e. The molecule has 7 heteroatoms. The molecule has 1 aromatic carbocycles. The maximum atomic E-state index is 12.5. The molecule has 112 valence electrons. The second kappa shape index (κ2) is 4.32. The van der Waals surface area contributed by atoms with Crippen LogP contribution in [-0.4, -0.2) is 34.0 Å². The normalized spacial score (nSPS) is 31.9. The zero-order valence-corrected chi connectivity index (χ0v) is 10.6. The third-order valence-electron chi connectivity index (χ3n) is 3.73. The van der Waals surface area contributed by atoms with Crippen LogP contribution < -0.4 is 0 Å². The molecule has 1 aromatic rings. The van der Waals surface area contributed by atoms with Gasteiger partial charge in [-0.3, -0.25) is 0 Å². The number of hydrogen-bond donors (Lipinski definition) is 2. The summed E-state index contributed by atoms with van der Waals surface area (Å²) >= 11 is 0. The van der Waals surface area contributed by atoms with Gasteiger partial charge in [0.25, 0.3) is 0 Å². The van der Waals surface area contributed by atoms with Crippen molar-refractivity contribution in [2.45, 2.75) is 30.4 Å². The van der Waals surface area contributed by atoms with Gasteiger partial charge in [-0.15, -0.1) is 0 Å². The van der Waals surface area contributed by atoms with Crippen molar-refractivity contribution >= 4 is 11.5 Å². The minimum atomic E-state index is -4.45. The second-order valence-electron chi connectivity index (χ2n) is 5.19. The predicted molar refractivity (Wildman–Crippen MR) is 64.9 cm³/mol. The highest BCUT2D eigenvalue weighted by atomic mass is 19.4. The Morgan fingerprint density at radius 2 is 1.86 bits per heavy atom. The van der Waals surface area contributed by atoms with Crippen molar-refractivity contribution in [3.05, 3.63) is 41.5 Å². The molecule has 4 nitrogen and oxygen atoms in total. The van der Waals surface area contributed by atoms with E-state index in [0.29, 0.717) is 5.56 Å². The van der Waals surface area contributed by atoms with Gasteiger partial charge < -0.3 is 14.9 Å². The van der Waals surface area contributed by atoms with E-state index >= 15 is 0 Å². The molecule has 1 aliphatic heterocycles. The average Bonchev–Trinajstić information content (AvgIpc) is 2.66. The van der Waals surface area contributed by atoms with Crippen LogP contribution in [0.2, 0.25) is 0 Å². The van der Waals surface area contributed by atoms with Gasteiger partial charge in [0.15, 0.2) is 5.60 Å². The van der Waals surface area contributed by atoms with Gasteiger partial charge in [0.2, 0.25) is 0 Å². The Labute approximate surface area is 117 Å². The summed E-state index contributed by atoms with van der Waals surface area (Å²) in [4.78, 5) is 11.5. The fourth-order valence-corrected chi connectivity index (χ4v) is 2.61. The molecule has 1 saturated heterocycles. The molecule has 21 heavy (non-hydrogen) atoms. The van der Waals surface area contributed by atoms with Gasteiger partial charge in [-0.25, -0.2) is 4.79 Å². The lowest BCUT2D eigenvalue weighted by Crippen LogP contribution is -2.37. The van der Waals surface area contributed by atoms with E-state index in [1.165, 1.54) is 12.1 Å². The lowest BCUT2D eigenvalue weighted by molar-refractivity contribution is -0.152. The Balaban J connectivity index is 1.99. The maximum Gasteiger partial charge on any atom is 0.416 e. The van der Waals surface area contributed by atoms with Crippen LogP contribution in [-0.2, 0) is 15.7 Å². The van der Waals surface area contributed by atoms with Crippen molar-refractivity contribution < 1.29 is 32.9 Å². The van der Waals surface area contributed by atoms with Gasteiger partial charge in [-0.05, 0) is 29.3 Å². The Kier molecular flexibility index (Phi) is 2.90. The number of carbonyl (C=O) groups excluding carboxylic acids is 1. The third-order valence-corrected chi connectivity index (χ3v) is 3.73. The van der Waals surface area contributed by atoms with E-state index in [-0.39, 0.29) is 12.0 Å². The fraction of sp³-hybridized carbons (Fsp3) is 0.357. The van der Waals surface area contributed by atoms with Gasteiger partial charge in [-0.1, -0.05) is 12.1 Å². The highest BCUT2D eigenvalue weighted by molar-refractivity contribution is 5.90. The van der Waals surface area contributed by atoms with Crippen LogP contribution >= 0.6 is 0 Å². The zero-order valence-electron chi connectivity index (χ0n) is 10.6. The molecular weight excluding hydrogens is 289 g/mol. The van der Waals surface area contributed by atoms with Crippen molar-refractivity contribution in [3.63, 3.8) is 0 Å². The topological polar surface area (TPSA) is 66.8 Å². The maximum absolute atomic E-state index is 12.5. The fourth-order valence-electron chi connectivity index (χ4n) is 2.61. The standard InChI is InChI=1S/C14H11F3O4/c15-14(16,17)8-3-1-7(2-4-8)9-5-13(20)6-10(11(9)18)21-12(13)19/h1-5,10-11,18,20H,6H2/t10-,11-,13+/m1/s1. The number of esters is 1. The molecule has 3 atom stereocenters. The quantitative estimate of drug-likeness (QED) is 0.772. The molecular formula is C14H11F3O4. The summed E-state index contributed by atoms with van der Waals surface area (Å²) in [5.41, 5.74) is -2.14. The summed E-state index contributed by atoms with van der Waals surface area (Å²) in [6, 6.07) is 4.14. The van der Waals surface area contributed by atoms with Crippen LogP contribution in [0.25, 0.3) is 5.57 Å². The summed E-state index contributed by atoms with van der Waals surface area (Å²) in [5, 5.41) is 20.2. The van der Waals surface area contributed by atoms with E-state index in [1.54, 1.807) is 0 Å². The van der Waals surface area contributed by atoms with Crippen LogP contribution in [0.15, 0.2) is 30.3 Å². The zero-order chi connectivity index (χ0) is 15.4. The van der Waals surface area contributed by atoms with Crippen LogP contribution in [0, 0.1) is 0 Å². The average molecular weight is 300 g/mol. The number of carbonyl (C=O) groups is 1. The number of aliphatic hydroxyl groups excluding tert-OH is 1. The number of rotatable bonds is 1. The Morgan fingerprint density at radius 1 is 1.24 bits per heavy atom. The Hall–Kier alpha value is -1.86. The number of hydrogen-bond acceptors (Lipinski definition) is 4. The number of alkyl halides is 3. The van der Waals surface area contributed by atoms with Crippen LogP contribution in [0.5, 0.6) is 0 Å². The van der Waals surface area contributed by atoms with E-state index in [0.717, 1.165) is 18.2 Å². The van der Waals surface area contributed by atoms with Gasteiger partial charge in [0.1, 0.15) is 12.2 Å². The highest BCUT2D eigenvalue weighted by Gasteiger charge is 2.53. The Bertz CT molecular complexity index is 620. The van der Waals surface area contributed by atoms with Gasteiger partial charge >= 0.3 is 12.1 Å². The summed E-state index contributed by atoms with van der Waals surface area (Å²) < 4.78 is 42.4. The highest BCUT2D eigenvalue weighted by Crippen LogP contribution is 2.40. The first-order valence-corrected chi connectivity index (χ1v) is 6.23. The second-order valence-corrected chi connectivity index (χ2v) is 5.19. The van der Waals surface area contributed by atoms with Crippen LogP contribution in [0.4, 0.5) is 13.2 Å². The molecule has 0 aromatic heterocycles. The van der Waals surface area contributed by atoms with Gasteiger partial charge in [0, 0.05) is 6.42 Å². The first-order valence-electron chi connectivity index (χ1n) is 6.23. The summed E-state index contributed by atoms with van der Waals surface area (Å²) in [7, 11) is 0. The van der Waals surface area contributed by atoms with E-state index in [1.807, 2.05) is 0 Å². The summed E-state index contributed by atoms with van der Waals surface area (Å²) in [6.07, 6.45) is -5.41. The lowest BCUT2D eigenvalue weighted by Gasteiger charge is -2.26. The van der Waals surface area contributed by atoms with Crippen LogP contribution in [0.3, 0.4) is 0 Å². The molecule has 1 aliphatic carbocycles. The number of benzene rings is 1. The minimum absolute atomic E-state index is 0.0584. The molecule has 1 heterocycles. The van der Waals surface area contributed by atoms with E-state index in [9.17, 15) is 28.2 Å². The SMILES string of the molecule is O=C1O[C@@H]2C[C@@]1(O)C=C(c1ccc(C(F)(F)F)cc1)[C@H]2O. The molecule has 0 saturated carbocycles. The van der Waals surface area contributed by atoms with Gasteiger partial charge in [0.05, 0.1) is 5.56 Å². The number of ether oxygens (including phenoxy) is 1. The summed E-state index contributed by atoms with van der Waals surface area (Å²) in [6.45, 7) is 0. The molecule has 0 radical (unpaired) electrons. The molecule has 1 fully saturated rings. The van der Waals surface area contributed by atoms with E-state index < -0.39 is 35.5 Å². The van der Waals surface area contributed by atoms with E-state index in [4.69, 9.17) is 4.74 Å². The monoisotopic (exact) mass is 300 g/mol. The van der Waals surface area contributed by atoms with Crippen molar-refractivity contribution in [3.8, 4) is 0 Å². The first-order chi connectivity index (χ1) is 9.71. The number of fused-ring (bicyclic) bond motifs is 2. The van der Waals surface area contributed by atoms with Crippen molar-refractivity contribution in [1.82, 2.24) is 0 Å². The molecule has 3 rings (SSSR count). The molecule has 2 N–H and O–H groups in total. The summed E-state index contributed by atoms with van der Waals surface area (Å²) in [5.74, 6) is -0.853. The lowest BCUT2D eigenvalue weighted by atomic mass is 9.82. The molecule has 0 amide bonds. The largest absolute Gasteiger partial charge is 0.457 e. The smallest absolute Gasteiger partial charge is 0.416 e. The third kappa shape index (κ3) is 2.22. The first kappa shape index (κ1) is 14.1. The van der Waals surface area contributed by atoms with Crippen LogP contribution in [0.1, 0.15) is 17.5 Å². The van der Waals surface area contributed by atoms with E-state index in [2.05, 4.69) is 0 Å². The number of aliphatic hydroxyl groups is 2. The molecule has 0 unspecified atom stereocenters. The molecule has 0 spiro atoms. The molecule has 2 aliphatic rings. The predicted octanol–water partition coefficient (Wildman–Crippen LogP) is 1.51. The number of halogens is 3.